The summed E-state index contributed by atoms with van der Waals surface area (Å²) in [4.78, 5) is 11.1. The third-order valence-corrected chi connectivity index (χ3v) is 4.41. The number of aromatic nitrogens is 2. The van der Waals surface area contributed by atoms with Crippen molar-refractivity contribution < 1.29 is 9.47 Å². The van der Waals surface area contributed by atoms with Gasteiger partial charge in [-0.15, -0.1) is 0 Å². The molecule has 2 heterocycles. The van der Waals surface area contributed by atoms with Gasteiger partial charge in [-0.2, -0.15) is 4.98 Å². The van der Waals surface area contributed by atoms with E-state index in [1.165, 1.54) is 0 Å². The van der Waals surface area contributed by atoms with Crippen LogP contribution in [0, 0.1) is 6.92 Å². The Kier molecular flexibility index (Phi) is 6.84. The number of aryl methyl sites for hydroxylation is 1. The highest BCUT2D eigenvalue weighted by molar-refractivity contribution is 5.57. The molecule has 7 heteroatoms. The molecular weight excluding hydrogens is 342 g/mol. The smallest absolute Gasteiger partial charge is 0.229 e. The second-order valence-electron chi connectivity index (χ2n) is 7.04. The lowest BCUT2D eigenvalue weighted by molar-refractivity contribution is 0.120. The highest BCUT2D eigenvalue weighted by atomic mass is 16.5. The molecule has 3 rings (SSSR count). The van der Waals surface area contributed by atoms with Crippen LogP contribution in [0.3, 0.4) is 0 Å². The van der Waals surface area contributed by atoms with Crippen molar-refractivity contribution in [2.45, 2.75) is 25.9 Å². The van der Waals surface area contributed by atoms with Gasteiger partial charge >= 0.3 is 0 Å². The molecule has 1 aliphatic heterocycles. The van der Waals surface area contributed by atoms with Crippen LogP contribution in [0.4, 0.5) is 17.5 Å². The monoisotopic (exact) mass is 371 g/mol. The van der Waals surface area contributed by atoms with Crippen LogP contribution in [0.15, 0.2) is 30.5 Å². The Bertz CT molecular complexity index is 715. The SMILES string of the molecule is Cc1cnc(Nc2ccc(OCCN(C)C)cc2)nc1NCC1CCCO1. The highest BCUT2D eigenvalue weighted by Gasteiger charge is 2.15. The Morgan fingerprint density at radius 2 is 2.07 bits per heavy atom. The number of likely N-dealkylation sites (N-methyl/N-ethyl adjacent to an activating group) is 1. The van der Waals surface area contributed by atoms with Crippen molar-refractivity contribution in [2.75, 3.05) is 51.0 Å². The van der Waals surface area contributed by atoms with E-state index in [0.717, 1.165) is 55.4 Å². The fourth-order valence-corrected chi connectivity index (χ4v) is 2.81. The van der Waals surface area contributed by atoms with Crippen LogP contribution in [-0.4, -0.2) is 61.4 Å². The van der Waals surface area contributed by atoms with Crippen LogP contribution >= 0.6 is 0 Å². The predicted octanol–water partition coefficient (Wildman–Crippen LogP) is 3.06. The molecule has 1 atom stereocenters. The quantitative estimate of drug-likeness (QED) is 0.702. The summed E-state index contributed by atoms with van der Waals surface area (Å²) in [7, 11) is 4.06. The summed E-state index contributed by atoms with van der Waals surface area (Å²) in [6, 6.07) is 7.83. The first-order valence-corrected chi connectivity index (χ1v) is 9.44. The number of benzene rings is 1. The first kappa shape index (κ1) is 19.4. The molecule has 2 N–H and O–H groups in total. The molecule has 27 heavy (non-hydrogen) atoms. The van der Waals surface area contributed by atoms with Crippen LogP contribution in [0.1, 0.15) is 18.4 Å². The van der Waals surface area contributed by atoms with Gasteiger partial charge in [0.1, 0.15) is 18.2 Å². The number of nitrogens with one attached hydrogen (secondary N) is 2. The van der Waals surface area contributed by atoms with Gasteiger partial charge in [0.2, 0.25) is 5.95 Å². The maximum absolute atomic E-state index is 5.71. The molecule has 146 valence electrons. The molecule has 7 nitrogen and oxygen atoms in total. The van der Waals surface area contributed by atoms with Gasteiger partial charge in [0.15, 0.2) is 0 Å². The van der Waals surface area contributed by atoms with E-state index in [1.54, 1.807) is 0 Å². The molecule has 1 aromatic carbocycles. The van der Waals surface area contributed by atoms with E-state index >= 15 is 0 Å². The van der Waals surface area contributed by atoms with Crippen LogP contribution in [0.5, 0.6) is 5.75 Å². The van der Waals surface area contributed by atoms with Crippen molar-refractivity contribution in [1.82, 2.24) is 14.9 Å². The fraction of sp³-hybridized carbons (Fsp3) is 0.500. The number of ether oxygens (including phenoxy) is 2. The summed E-state index contributed by atoms with van der Waals surface area (Å²) in [6.45, 7) is 5.19. The third-order valence-electron chi connectivity index (χ3n) is 4.41. The first-order chi connectivity index (χ1) is 13.1. The summed E-state index contributed by atoms with van der Waals surface area (Å²) in [5.74, 6) is 2.26. The van der Waals surface area contributed by atoms with Crippen LogP contribution in [0.2, 0.25) is 0 Å². The van der Waals surface area contributed by atoms with E-state index in [-0.39, 0.29) is 6.10 Å². The molecule has 0 saturated carbocycles. The van der Waals surface area contributed by atoms with Gasteiger partial charge in [0.05, 0.1) is 6.10 Å². The Hall–Kier alpha value is -2.38. The zero-order valence-corrected chi connectivity index (χ0v) is 16.4. The zero-order valence-electron chi connectivity index (χ0n) is 16.4. The minimum atomic E-state index is 0.274. The van der Waals surface area contributed by atoms with Gasteiger partial charge in [-0.3, -0.25) is 0 Å². The predicted molar refractivity (Wildman–Crippen MR) is 108 cm³/mol. The van der Waals surface area contributed by atoms with Gasteiger partial charge < -0.3 is 25.0 Å². The minimum Gasteiger partial charge on any atom is -0.492 e. The fourth-order valence-electron chi connectivity index (χ4n) is 2.81. The van der Waals surface area contributed by atoms with Gasteiger partial charge in [0.25, 0.3) is 0 Å². The van der Waals surface area contributed by atoms with Crippen molar-refractivity contribution in [3.05, 3.63) is 36.0 Å². The molecule has 1 aliphatic rings. The van der Waals surface area contributed by atoms with Crippen molar-refractivity contribution in [1.29, 1.82) is 0 Å². The molecular formula is C20H29N5O2. The lowest BCUT2D eigenvalue weighted by Crippen LogP contribution is -2.19. The number of hydrogen-bond donors (Lipinski definition) is 2. The maximum atomic E-state index is 5.71. The van der Waals surface area contributed by atoms with Gasteiger partial charge in [-0.1, -0.05) is 0 Å². The van der Waals surface area contributed by atoms with E-state index < -0.39 is 0 Å². The normalized spacial score (nSPS) is 16.5. The summed E-state index contributed by atoms with van der Waals surface area (Å²) in [6.07, 6.45) is 4.34. The molecule has 0 spiro atoms. The van der Waals surface area contributed by atoms with Crippen molar-refractivity contribution in [3.63, 3.8) is 0 Å². The van der Waals surface area contributed by atoms with E-state index in [2.05, 4.69) is 25.5 Å². The standard InChI is InChI=1S/C20H29N5O2/c1-15-13-22-20(24-19(15)21-14-18-5-4-11-26-18)23-16-6-8-17(9-7-16)27-12-10-25(2)3/h6-9,13,18H,4-5,10-12,14H2,1-3H3,(H2,21,22,23,24). The zero-order chi connectivity index (χ0) is 19.1. The van der Waals surface area contributed by atoms with Crippen molar-refractivity contribution in [3.8, 4) is 5.75 Å². The van der Waals surface area contributed by atoms with Gasteiger partial charge in [0, 0.05) is 37.1 Å². The maximum Gasteiger partial charge on any atom is 0.229 e. The topological polar surface area (TPSA) is 71.5 Å². The van der Waals surface area contributed by atoms with Crippen molar-refractivity contribution in [2.24, 2.45) is 0 Å². The van der Waals surface area contributed by atoms with E-state index in [0.29, 0.717) is 12.6 Å². The average Bonchev–Trinajstić information content (AvgIpc) is 3.17. The Balaban J connectivity index is 1.55. The lowest BCUT2D eigenvalue weighted by atomic mass is 10.2. The van der Waals surface area contributed by atoms with Crippen molar-refractivity contribution >= 4 is 17.5 Å². The molecule has 1 saturated heterocycles. The average molecular weight is 371 g/mol. The number of rotatable bonds is 9. The first-order valence-electron chi connectivity index (χ1n) is 9.44. The third kappa shape index (κ3) is 6.08. The molecule has 1 unspecified atom stereocenters. The van der Waals surface area contributed by atoms with Gasteiger partial charge in [-0.05, 0) is 58.1 Å². The van der Waals surface area contributed by atoms with E-state index in [4.69, 9.17) is 9.47 Å². The molecule has 2 aromatic rings. The van der Waals surface area contributed by atoms with Crippen LogP contribution in [0.25, 0.3) is 0 Å². The second-order valence-corrected chi connectivity index (χ2v) is 7.04. The Morgan fingerprint density at radius 1 is 1.26 bits per heavy atom. The van der Waals surface area contributed by atoms with Crippen LogP contribution in [-0.2, 0) is 4.74 Å². The second kappa shape index (κ2) is 9.53. The van der Waals surface area contributed by atoms with Crippen LogP contribution < -0.4 is 15.4 Å². The highest BCUT2D eigenvalue weighted by Crippen LogP contribution is 2.20. The lowest BCUT2D eigenvalue weighted by Gasteiger charge is -2.14. The molecule has 1 fully saturated rings. The summed E-state index contributed by atoms with van der Waals surface area (Å²) < 4.78 is 11.4. The summed E-state index contributed by atoms with van der Waals surface area (Å²) >= 11 is 0. The molecule has 0 amide bonds. The molecule has 1 aromatic heterocycles. The number of anilines is 3. The largest absolute Gasteiger partial charge is 0.492 e. The summed E-state index contributed by atoms with van der Waals surface area (Å²) in [5, 5.41) is 6.63. The molecule has 0 bridgehead atoms. The Morgan fingerprint density at radius 3 is 2.78 bits per heavy atom. The minimum absolute atomic E-state index is 0.274. The molecule has 0 aliphatic carbocycles. The Labute approximate surface area is 161 Å². The van der Waals surface area contributed by atoms with E-state index in [1.807, 2.05) is 51.5 Å². The molecule has 0 radical (unpaired) electrons. The van der Waals surface area contributed by atoms with E-state index in [9.17, 15) is 0 Å². The van der Waals surface area contributed by atoms with Gasteiger partial charge in [-0.25, -0.2) is 4.98 Å². The number of hydrogen-bond acceptors (Lipinski definition) is 7. The summed E-state index contributed by atoms with van der Waals surface area (Å²) in [5.41, 5.74) is 1.94. The number of nitrogens with zero attached hydrogens (tertiary/aromatic N) is 3.